The number of allylic oxidation sites excluding steroid dienone is 1. The van der Waals surface area contributed by atoms with Crippen molar-refractivity contribution < 1.29 is 14.0 Å². The van der Waals surface area contributed by atoms with Crippen LogP contribution in [0.25, 0.3) is 0 Å². The number of nitrogens with zero attached hydrogens (tertiary/aromatic N) is 2. The second-order valence-corrected chi connectivity index (χ2v) is 6.42. The molecule has 1 fully saturated rings. The van der Waals surface area contributed by atoms with Crippen molar-refractivity contribution in [3.63, 3.8) is 0 Å². The van der Waals surface area contributed by atoms with Crippen molar-refractivity contribution in [2.24, 2.45) is 4.99 Å². The predicted octanol–water partition coefficient (Wildman–Crippen LogP) is 1.88. The molecule has 0 bridgehead atoms. The van der Waals surface area contributed by atoms with Crippen LogP contribution in [0.15, 0.2) is 16.7 Å². The number of hydrogen-bond donors (Lipinski definition) is 0. The van der Waals surface area contributed by atoms with Gasteiger partial charge in [0.25, 0.3) is 0 Å². The van der Waals surface area contributed by atoms with Crippen molar-refractivity contribution in [2.45, 2.75) is 51.5 Å². The third-order valence-electron chi connectivity index (χ3n) is 4.32. The van der Waals surface area contributed by atoms with E-state index in [0.29, 0.717) is 6.61 Å². The maximum absolute atomic E-state index is 6.04. The van der Waals surface area contributed by atoms with E-state index in [-0.39, 0.29) is 24.5 Å². The molecule has 2 heterocycles. The molecule has 1 unspecified atom stereocenters. The smallest absolute Gasteiger partial charge is 0.399 e. The average Bonchev–Trinajstić information content (AvgIpc) is 2.57. The van der Waals surface area contributed by atoms with Gasteiger partial charge in [-0.2, -0.15) is 0 Å². The highest BCUT2D eigenvalue weighted by atomic mass is 16.7. The molecule has 0 aromatic carbocycles. The summed E-state index contributed by atoms with van der Waals surface area (Å²) in [6.07, 6.45) is 4.91. The van der Waals surface area contributed by atoms with Gasteiger partial charge in [-0.05, 0) is 27.7 Å². The van der Waals surface area contributed by atoms with Crippen LogP contribution in [-0.2, 0) is 14.0 Å². The first kappa shape index (κ1) is 15.5. The number of methoxy groups -OCH3 is 1. The second-order valence-electron chi connectivity index (χ2n) is 6.42. The molecular weight excluding hydrogens is 255 g/mol. The number of ether oxygens (including phenoxy) is 1. The zero-order valence-corrected chi connectivity index (χ0v) is 13.3. The maximum atomic E-state index is 6.04. The van der Waals surface area contributed by atoms with Crippen LogP contribution in [0.1, 0.15) is 34.1 Å². The number of hydrogen-bond acceptors (Lipinski definition) is 5. The van der Waals surface area contributed by atoms with Gasteiger partial charge >= 0.3 is 7.12 Å². The summed E-state index contributed by atoms with van der Waals surface area (Å²) in [5.41, 5.74) is 0.315. The predicted molar refractivity (Wildman–Crippen MR) is 80.7 cm³/mol. The fourth-order valence-electron chi connectivity index (χ4n) is 2.23. The van der Waals surface area contributed by atoms with Crippen LogP contribution in [0, 0.1) is 0 Å². The molecule has 0 aromatic rings. The van der Waals surface area contributed by atoms with Crippen LogP contribution in [0.4, 0.5) is 0 Å². The lowest BCUT2D eigenvalue weighted by atomic mass is 9.79. The van der Waals surface area contributed by atoms with E-state index >= 15 is 0 Å². The Morgan fingerprint density at radius 3 is 2.40 bits per heavy atom. The maximum Gasteiger partial charge on any atom is 0.497 e. The molecule has 1 atom stereocenters. The van der Waals surface area contributed by atoms with Crippen molar-refractivity contribution in [3.8, 4) is 0 Å². The summed E-state index contributed by atoms with van der Waals surface area (Å²) in [7, 11) is 3.37. The van der Waals surface area contributed by atoms with Gasteiger partial charge in [-0.3, -0.25) is 4.99 Å². The Morgan fingerprint density at radius 2 is 1.90 bits per heavy atom. The highest BCUT2D eigenvalue weighted by Crippen LogP contribution is 2.38. The molecule has 2 rings (SSSR count). The van der Waals surface area contributed by atoms with Crippen LogP contribution in [0.2, 0.25) is 0 Å². The molecule has 0 amide bonds. The average molecular weight is 280 g/mol. The third-order valence-corrected chi connectivity index (χ3v) is 4.32. The second kappa shape index (κ2) is 5.50. The van der Waals surface area contributed by atoms with Gasteiger partial charge < -0.3 is 18.9 Å². The van der Waals surface area contributed by atoms with E-state index in [1.54, 1.807) is 7.11 Å². The molecule has 20 heavy (non-hydrogen) atoms. The first-order valence-corrected chi connectivity index (χ1v) is 7.08. The van der Waals surface area contributed by atoms with Crippen LogP contribution in [-0.4, -0.2) is 56.4 Å². The molecule has 0 radical (unpaired) electrons. The van der Waals surface area contributed by atoms with E-state index in [9.17, 15) is 0 Å². The summed E-state index contributed by atoms with van der Waals surface area (Å²) in [6, 6.07) is 0. The van der Waals surface area contributed by atoms with E-state index in [0.717, 1.165) is 11.9 Å². The molecule has 2 aliphatic rings. The minimum Gasteiger partial charge on any atom is -0.399 e. The third kappa shape index (κ3) is 2.92. The lowest BCUT2D eigenvalue weighted by Gasteiger charge is -2.32. The Labute approximate surface area is 122 Å². The molecule has 112 valence electrons. The van der Waals surface area contributed by atoms with Gasteiger partial charge in [-0.1, -0.05) is 0 Å². The molecule has 0 saturated carbocycles. The molecular formula is C14H25BN2O3. The molecule has 6 heteroatoms. The first-order valence-electron chi connectivity index (χ1n) is 7.08. The fraction of sp³-hybridized carbons (Fsp3) is 0.786. The first-order chi connectivity index (χ1) is 9.27. The summed E-state index contributed by atoms with van der Waals surface area (Å²) in [4.78, 5) is 6.64. The summed E-state index contributed by atoms with van der Waals surface area (Å²) in [6.45, 7) is 8.92. The largest absolute Gasteiger partial charge is 0.497 e. The fourth-order valence-corrected chi connectivity index (χ4v) is 2.23. The number of aliphatic imine (C=N–C) groups is 1. The Bertz CT molecular complexity index is 405. The van der Waals surface area contributed by atoms with E-state index in [1.165, 1.54) is 0 Å². The van der Waals surface area contributed by atoms with Gasteiger partial charge in [-0.15, -0.1) is 0 Å². The quantitative estimate of drug-likeness (QED) is 0.737. The molecule has 0 N–H and O–H groups in total. The van der Waals surface area contributed by atoms with Gasteiger partial charge in [0.2, 0.25) is 0 Å². The van der Waals surface area contributed by atoms with Crippen LogP contribution in [0.5, 0.6) is 0 Å². The molecule has 1 saturated heterocycles. The van der Waals surface area contributed by atoms with Gasteiger partial charge in [-0.25, -0.2) is 0 Å². The van der Waals surface area contributed by atoms with Gasteiger partial charge in [0, 0.05) is 38.5 Å². The zero-order chi connectivity index (χ0) is 15.0. The molecule has 0 aromatic heterocycles. The van der Waals surface area contributed by atoms with Crippen molar-refractivity contribution in [3.05, 3.63) is 11.7 Å². The van der Waals surface area contributed by atoms with Crippen LogP contribution < -0.4 is 0 Å². The lowest BCUT2D eigenvalue weighted by Crippen LogP contribution is -2.41. The van der Waals surface area contributed by atoms with Crippen molar-refractivity contribution >= 4 is 13.3 Å². The van der Waals surface area contributed by atoms with Crippen molar-refractivity contribution in [1.82, 2.24) is 4.90 Å². The highest BCUT2D eigenvalue weighted by molar-refractivity contribution is 6.60. The minimum absolute atomic E-state index is 0.126. The summed E-state index contributed by atoms with van der Waals surface area (Å²) in [5, 5.41) is 0. The SMILES string of the molecule is COCCC1N=CC(B2OC(C)(C)C(C)(C)O2)=CN1C. The molecule has 0 aliphatic carbocycles. The number of rotatable bonds is 4. The Hall–Kier alpha value is -0.845. The molecule has 2 aliphatic heterocycles. The van der Waals surface area contributed by atoms with Gasteiger partial charge in [0.15, 0.2) is 0 Å². The van der Waals surface area contributed by atoms with Crippen LogP contribution in [0.3, 0.4) is 0 Å². The Balaban J connectivity index is 2.04. The van der Waals surface area contributed by atoms with E-state index < -0.39 is 0 Å². The van der Waals surface area contributed by atoms with Crippen molar-refractivity contribution in [2.75, 3.05) is 20.8 Å². The van der Waals surface area contributed by atoms with E-state index in [4.69, 9.17) is 14.0 Å². The monoisotopic (exact) mass is 280 g/mol. The Kier molecular flexibility index (Phi) is 4.28. The Morgan fingerprint density at radius 1 is 1.30 bits per heavy atom. The standard InChI is InChI=1S/C14H25BN2O3/c1-13(2)14(3,4)20-15(19-13)11-9-16-12(7-8-18-6)17(5)10-11/h9-10,12H,7-8H2,1-6H3. The summed E-state index contributed by atoms with van der Waals surface area (Å²) < 4.78 is 17.2. The van der Waals surface area contributed by atoms with Crippen LogP contribution >= 0.6 is 0 Å². The summed E-state index contributed by atoms with van der Waals surface area (Å²) >= 11 is 0. The van der Waals surface area contributed by atoms with E-state index in [1.807, 2.05) is 13.3 Å². The minimum atomic E-state index is -0.352. The lowest BCUT2D eigenvalue weighted by molar-refractivity contribution is 0.00578. The summed E-state index contributed by atoms with van der Waals surface area (Å²) in [5.74, 6) is 0. The topological polar surface area (TPSA) is 43.3 Å². The molecule has 5 nitrogen and oxygen atoms in total. The van der Waals surface area contributed by atoms with Gasteiger partial charge in [0.1, 0.15) is 6.17 Å². The normalized spacial score (nSPS) is 27.9. The highest BCUT2D eigenvalue weighted by Gasteiger charge is 2.52. The van der Waals surface area contributed by atoms with Crippen molar-refractivity contribution in [1.29, 1.82) is 0 Å². The van der Waals surface area contributed by atoms with E-state index in [2.05, 4.69) is 43.8 Å². The zero-order valence-electron chi connectivity index (χ0n) is 13.3. The van der Waals surface area contributed by atoms with Gasteiger partial charge in [0.05, 0.1) is 17.8 Å². The molecule has 0 spiro atoms.